The van der Waals surface area contributed by atoms with Crippen molar-refractivity contribution in [1.82, 2.24) is 0 Å². The lowest BCUT2D eigenvalue weighted by Gasteiger charge is -2.38. The third-order valence-electron chi connectivity index (χ3n) is 6.67. The molecule has 0 bridgehead atoms. The third-order valence-corrected chi connectivity index (χ3v) is 8.00. The summed E-state index contributed by atoms with van der Waals surface area (Å²) in [7, 11) is -2.12. The van der Waals surface area contributed by atoms with E-state index < -0.39 is 15.7 Å². The SMILES string of the molecule is COCCOCOc1c(C)c(C)c2c(c1C)CCC(C)(COCCCOS(=O)(=O)c1ccc(C)cc1)O2. The smallest absolute Gasteiger partial charge is 0.296 e. The van der Waals surface area contributed by atoms with E-state index in [-0.39, 0.29) is 18.3 Å². The Balaban J connectivity index is 1.50. The van der Waals surface area contributed by atoms with E-state index in [1.807, 2.05) is 27.7 Å². The van der Waals surface area contributed by atoms with E-state index in [4.69, 9.17) is 27.9 Å². The van der Waals surface area contributed by atoms with E-state index in [2.05, 4.69) is 6.92 Å². The average Bonchev–Trinajstić information content (AvgIpc) is 2.86. The van der Waals surface area contributed by atoms with E-state index in [0.717, 1.165) is 52.2 Å². The van der Waals surface area contributed by atoms with Gasteiger partial charge in [0, 0.05) is 19.3 Å². The lowest BCUT2D eigenvalue weighted by Crippen LogP contribution is -2.41. The van der Waals surface area contributed by atoms with E-state index in [1.165, 1.54) is 0 Å². The fraction of sp³-hybridized carbons (Fsp3) is 0.571. The van der Waals surface area contributed by atoms with Gasteiger partial charge in [0.1, 0.15) is 17.1 Å². The van der Waals surface area contributed by atoms with Crippen LogP contribution >= 0.6 is 0 Å². The van der Waals surface area contributed by atoms with Gasteiger partial charge in [-0.25, -0.2) is 0 Å². The zero-order valence-corrected chi connectivity index (χ0v) is 23.7. The number of methoxy groups -OCH3 is 1. The molecule has 1 aliphatic heterocycles. The van der Waals surface area contributed by atoms with Crippen molar-refractivity contribution in [3.63, 3.8) is 0 Å². The molecular formula is C28H40O8S. The molecular weight excluding hydrogens is 496 g/mol. The minimum atomic E-state index is -3.76. The number of ether oxygens (including phenoxy) is 5. The Morgan fingerprint density at radius 1 is 0.919 bits per heavy atom. The van der Waals surface area contributed by atoms with Gasteiger partial charge in [-0.3, -0.25) is 4.18 Å². The number of fused-ring (bicyclic) bond motifs is 1. The highest BCUT2D eigenvalue weighted by atomic mass is 32.2. The van der Waals surface area contributed by atoms with Crippen molar-refractivity contribution in [2.45, 2.75) is 64.4 Å². The van der Waals surface area contributed by atoms with E-state index in [0.29, 0.717) is 32.8 Å². The van der Waals surface area contributed by atoms with Gasteiger partial charge in [0.15, 0.2) is 6.79 Å². The van der Waals surface area contributed by atoms with Gasteiger partial charge < -0.3 is 23.7 Å². The third kappa shape index (κ3) is 7.67. The summed E-state index contributed by atoms with van der Waals surface area (Å²) >= 11 is 0. The van der Waals surface area contributed by atoms with Crippen LogP contribution in [0.3, 0.4) is 0 Å². The molecule has 9 heteroatoms. The molecule has 0 spiro atoms. The monoisotopic (exact) mass is 536 g/mol. The second-order valence-electron chi connectivity index (χ2n) is 9.72. The van der Waals surface area contributed by atoms with E-state index >= 15 is 0 Å². The molecule has 0 saturated carbocycles. The van der Waals surface area contributed by atoms with E-state index in [1.54, 1.807) is 31.4 Å². The van der Waals surface area contributed by atoms with Gasteiger partial charge >= 0.3 is 0 Å². The Hall–Kier alpha value is -2.17. The molecule has 0 aromatic heterocycles. The Morgan fingerprint density at radius 2 is 1.65 bits per heavy atom. The summed E-state index contributed by atoms with van der Waals surface area (Å²) in [6, 6.07) is 6.61. The van der Waals surface area contributed by atoms with Crippen molar-refractivity contribution >= 4 is 10.1 Å². The molecule has 8 nitrogen and oxygen atoms in total. The Bertz CT molecular complexity index is 1140. The molecule has 0 N–H and O–H groups in total. The number of benzene rings is 2. The Labute approximate surface area is 221 Å². The van der Waals surface area contributed by atoms with Crippen LogP contribution in [0.5, 0.6) is 11.5 Å². The summed E-state index contributed by atoms with van der Waals surface area (Å²) in [6.45, 7) is 12.1. The van der Waals surface area contributed by atoms with Crippen LogP contribution in [0.4, 0.5) is 0 Å². The highest BCUT2D eigenvalue weighted by Gasteiger charge is 2.35. The fourth-order valence-electron chi connectivity index (χ4n) is 4.29. The summed E-state index contributed by atoms with van der Waals surface area (Å²) in [4.78, 5) is 0.161. The van der Waals surface area contributed by atoms with Gasteiger partial charge in [0.05, 0.1) is 31.3 Å². The normalized spacial score (nSPS) is 17.4. The molecule has 0 radical (unpaired) electrons. The molecule has 2 aromatic carbocycles. The van der Waals surface area contributed by atoms with Crippen molar-refractivity contribution in [1.29, 1.82) is 0 Å². The van der Waals surface area contributed by atoms with E-state index in [9.17, 15) is 8.42 Å². The zero-order chi connectivity index (χ0) is 27.1. The summed E-state index contributed by atoms with van der Waals surface area (Å²) < 4.78 is 58.6. The van der Waals surface area contributed by atoms with Crippen LogP contribution in [-0.2, 0) is 34.9 Å². The van der Waals surface area contributed by atoms with Crippen molar-refractivity contribution in [2.24, 2.45) is 0 Å². The first kappa shape index (κ1) is 29.4. The fourth-order valence-corrected chi connectivity index (χ4v) is 5.23. The van der Waals surface area contributed by atoms with Gasteiger partial charge in [-0.15, -0.1) is 0 Å². The molecule has 2 aromatic rings. The van der Waals surface area contributed by atoms with Crippen molar-refractivity contribution in [2.75, 3.05) is 46.9 Å². The largest absolute Gasteiger partial charge is 0.485 e. The predicted octanol–water partition coefficient (Wildman–Crippen LogP) is 4.82. The molecule has 37 heavy (non-hydrogen) atoms. The van der Waals surface area contributed by atoms with Gasteiger partial charge in [-0.2, -0.15) is 8.42 Å². The minimum absolute atomic E-state index is 0.0616. The molecule has 0 aliphatic carbocycles. The molecule has 0 amide bonds. The molecule has 1 unspecified atom stereocenters. The highest BCUT2D eigenvalue weighted by molar-refractivity contribution is 7.86. The number of aryl methyl sites for hydroxylation is 1. The van der Waals surface area contributed by atoms with Crippen LogP contribution in [-0.4, -0.2) is 61.0 Å². The first-order valence-corrected chi connectivity index (χ1v) is 14.0. The molecule has 1 aliphatic rings. The van der Waals surface area contributed by atoms with Crippen molar-refractivity contribution in [3.05, 3.63) is 52.1 Å². The minimum Gasteiger partial charge on any atom is -0.485 e. The first-order chi connectivity index (χ1) is 17.6. The van der Waals surface area contributed by atoms with Crippen LogP contribution in [0.1, 0.15) is 47.6 Å². The molecule has 1 heterocycles. The summed E-state index contributed by atoms with van der Waals surface area (Å²) in [6.07, 6.45) is 2.11. The second-order valence-corrected chi connectivity index (χ2v) is 11.3. The van der Waals surface area contributed by atoms with Crippen molar-refractivity contribution < 1.29 is 36.3 Å². The average molecular weight is 537 g/mol. The molecule has 1 atom stereocenters. The second kappa shape index (κ2) is 13.1. The number of rotatable bonds is 14. The van der Waals surface area contributed by atoms with Crippen LogP contribution < -0.4 is 9.47 Å². The first-order valence-electron chi connectivity index (χ1n) is 12.6. The summed E-state index contributed by atoms with van der Waals surface area (Å²) in [5.41, 5.74) is 4.82. The predicted molar refractivity (Wildman–Crippen MR) is 141 cm³/mol. The van der Waals surface area contributed by atoms with Gasteiger partial charge in [-0.1, -0.05) is 17.7 Å². The van der Waals surface area contributed by atoms with Gasteiger partial charge in [0.2, 0.25) is 0 Å². The topological polar surface area (TPSA) is 89.5 Å². The Kier molecular flexibility index (Phi) is 10.4. The molecule has 0 saturated heterocycles. The molecule has 0 fully saturated rings. The standard InChI is InChI=1S/C28H40O8S/c1-20-8-10-24(11-9-20)37(29,30)35-15-7-14-32-18-28(5)13-12-25-23(4)26(34-19-33-17-16-31-6)21(2)22(3)27(25)36-28/h8-11H,7,12-19H2,1-6H3. The van der Waals surface area contributed by atoms with Crippen LogP contribution in [0.25, 0.3) is 0 Å². The highest BCUT2D eigenvalue weighted by Crippen LogP contribution is 2.43. The Morgan fingerprint density at radius 3 is 2.35 bits per heavy atom. The summed E-state index contributed by atoms with van der Waals surface area (Å²) in [5.74, 6) is 1.74. The lowest BCUT2D eigenvalue weighted by atomic mass is 9.87. The maximum absolute atomic E-state index is 12.3. The maximum Gasteiger partial charge on any atom is 0.296 e. The lowest BCUT2D eigenvalue weighted by molar-refractivity contribution is -0.0306. The number of hydrogen-bond donors (Lipinski definition) is 0. The van der Waals surface area contributed by atoms with Crippen LogP contribution in [0.2, 0.25) is 0 Å². The molecule has 3 rings (SSSR count). The van der Waals surface area contributed by atoms with Crippen molar-refractivity contribution in [3.8, 4) is 11.5 Å². The summed E-state index contributed by atoms with van der Waals surface area (Å²) in [5, 5.41) is 0. The molecule has 206 valence electrons. The maximum atomic E-state index is 12.3. The number of hydrogen-bond acceptors (Lipinski definition) is 8. The zero-order valence-electron chi connectivity index (χ0n) is 22.8. The van der Waals surface area contributed by atoms with Crippen LogP contribution in [0, 0.1) is 27.7 Å². The van der Waals surface area contributed by atoms with Gasteiger partial charge in [-0.05, 0) is 82.7 Å². The van der Waals surface area contributed by atoms with Gasteiger partial charge in [0.25, 0.3) is 10.1 Å². The van der Waals surface area contributed by atoms with Crippen LogP contribution in [0.15, 0.2) is 29.2 Å². The quantitative estimate of drug-likeness (QED) is 0.193.